The van der Waals surface area contributed by atoms with E-state index in [4.69, 9.17) is 5.11 Å². The number of aromatic nitrogens is 1. The highest BCUT2D eigenvalue weighted by atomic mass is 16.4. The molecule has 1 aromatic heterocycles. The van der Waals surface area contributed by atoms with Crippen molar-refractivity contribution in [2.24, 2.45) is 0 Å². The quantitative estimate of drug-likeness (QED) is 0.868. The second-order valence-electron chi connectivity index (χ2n) is 4.73. The predicted octanol–water partition coefficient (Wildman–Crippen LogP) is 2.67. The normalized spacial score (nSPS) is 10.5. The fraction of sp³-hybridized carbons (Fsp3) is 0.200. The average Bonchev–Trinajstić information content (AvgIpc) is 2.26. The van der Waals surface area contributed by atoms with Crippen molar-refractivity contribution in [3.8, 4) is 11.3 Å². The van der Waals surface area contributed by atoms with E-state index in [1.807, 2.05) is 32.9 Å². The second-order valence-corrected chi connectivity index (χ2v) is 4.73. The van der Waals surface area contributed by atoms with Crippen LogP contribution in [0.15, 0.2) is 29.1 Å². The van der Waals surface area contributed by atoms with Crippen LogP contribution in [-0.2, 0) is 0 Å². The van der Waals surface area contributed by atoms with Crippen LogP contribution in [-0.4, -0.2) is 16.1 Å². The topological polar surface area (TPSA) is 70.2 Å². The first-order valence-electron chi connectivity index (χ1n) is 5.94. The maximum atomic E-state index is 11.6. The Morgan fingerprint density at radius 1 is 1.05 bits per heavy atom. The number of rotatable bonds is 2. The monoisotopic (exact) mass is 257 g/mol. The van der Waals surface area contributed by atoms with Crippen molar-refractivity contribution < 1.29 is 9.90 Å². The molecule has 0 spiro atoms. The van der Waals surface area contributed by atoms with Crippen LogP contribution >= 0.6 is 0 Å². The number of H-pyrrole nitrogens is 1. The van der Waals surface area contributed by atoms with Gasteiger partial charge in [0.05, 0.1) is 5.56 Å². The van der Waals surface area contributed by atoms with Gasteiger partial charge in [-0.25, -0.2) is 4.79 Å². The van der Waals surface area contributed by atoms with Gasteiger partial charge in [0.25, 0.3) is 0 Å². The van der Waals surface area contributed by atoms with Gasteiger partial charge in [0, 0.05) is 17.3 Å². The number of aryl methyl sites for hydroxylation is 3. The lowest BCUT2D eigenvalue weighted by molar-refractivity contribution is 0.0696. The summed E-state index contributed by atoms with van der Waals surface area (Å²) in [6.45, 7) is 5.89. The minimum atomic E-state index is -1.10. The molecule has 98 valence electrons. The van der Waals surface area contributed by atoms with Gasteiger partial charge in [-0.05, 0) is 38.0 Å². The van der Waals surface area contributed by atoms with Crippen LogP contribution in [0.4, 0.5) is 0 Å². The van der Waals surface area contributed by atoms with E-state index in [2.05, 4.69) is 4.98 Å². The van der Waals surface area contributed by atoms with Gasteiger partial charge in [-0.15, -0.1) is 0 Å². The van der Waals surface area contributed by atoms with Gasteiger partial charge >= 0.3 is 5.97 Å². The summed E-state index contributed by atoms with van der Waals surface area (Å²) in [5.41, 5.74) is 4.17. The van der Waals surface area contributed by atoms with Crippen LogP contribution in [0.2, 0.25) is 0 Å². The van der Waals surface area contributed by atoms with Crippen LogP contribution in [0.25, 0.3) is 11.3 Å². The van der Waals surface area contributed by atoms with Gasteiger partial charge in [0.1, 0.15) is 0 Å². The van der Waals surface area contributed by atoms with Gasteiger partial charge in [-0.2, -0.15) is 0 Å². The summed E-state index contributed by atoms with van der Waals surface area (Å²) in [5.74, 6) is -1.10. The number of hydrogen-bond acceptors (Lipinski definition) is 2. The van der Waals surface area contributed by atoms with Gasteiger partial charge in [-0.3, -0.25) is 4.79 Å². The van der Waals surface area contributed by atoms with E-state index in [1.165, 1.54) is 6.07 Å². The Hall–Kier alpha value is -2.36. The highest BCUT2D eigenvalue weighted by Crippen LogP contribution is 2.26. The zero-order chi connectivity index (χ0) is 14.2. The van der Waals surface area contributed by atoms with Gasteiger partial charge in [-0.1, -0.05) is 17.7 Å². The fourth-order valence-electron chi connectivity index (χ4n) is 2.41. The molecule has 4 heteroatoms. The third-order valence-electron chi connectivity index (χ3n) is 3.04. The van der Waals surface area contributed by atoms with Crippen LogP contribution in [0.3, 0.4) is 0 Å². The van der Waals surface area contributed by atoms with Crippen molar-refractivity contribution >= 4 is 5.97 Å². The molecule has 0 saturated heterocycles. The molecule has 0 aliphatic rings. The number of benzene rings is 1. The molecule has 0 unspecified atom stereocenters. The zero-order valence-electron chi connectivity index (χ0n) is 11.1. The Balaban J connectivity index is 2.72. The van der Waals surface area contributed by atoms with Gasteiger partial charge < -0.3 is 10.1 Å². The molecule has 0 radical (unpaired) electrons. The molecule has 0 bridgehead atoms. The molecule has 1 heterocycles. The molecule has 2 N–H and O–H groups in total. The second kappa shape index (κ2) is 4.72. The number of carboxylic acids is 1. The lowest BCUT2D eigenvalue weighted by Gasteiger charge is -2.11. The lowest BCUT2D eigenvalue weighted by atomic mass is 9.96. The summed E-state index contributed by atoms with van der Waals surface area (Å²) in [6.07, 6.45) is 0. The largest absolute Gasteiger partial charge is 0.478 e. The molecule has 0 atom stereocenters. The first-order chi connectivity index (χ1) is 8.88. The first kappa shape index (κ1) is 13.1. The Labute approximate surface area is 110 Å². The molecule has 0 aliphatic carbocycles. The number of carbonyl (C=O) groups is 1. The minimum Gasteiger partial charge on any atom is -0.478 e. The highest BCUT2D eigenvalue weighted by Gasteiger charge is 2.11. The number of hydrogen-bond donors (Lipinski definition) is 2. The molecule has 0 saturated carbocycles. The smallest absolute Gasteiger partial charge is 0.335 e. The first-order valence-corrected chi connectivity index (χ1v) is 5.94. The number of nitrogens with one attached hydrogen (secondary N) is 1. The molecule has 2 aromatic rings. The summed E-state index contributed by atoms with van der Waals surface area (Å²) in [4.78, 5) is 25.3. The van der Waals surface area contributed by atoms with Gasteiger partial charge in [0.15, 0.2) is 0 Å². The van der Waals surface area contributed by atoms with E-state index in [9.17, 15) is 9.59 Å². The summed E-state index contributed by atoms with van der Waals surface area (Å²) < 4.78 is 0. The molecule has 2 rings (SSSR count). The maximum Gasteiger partial charge on any atom is 0.335 e. The molecule has 19 heavy (non-hydrogen) atoms. The third-order valence-corrected chi connectivity index (χ3v) is 3.04. The molecule has 0 aliphatic heterocycles. The van der Waals surface area contributed by atoms with E-state index in [-0.39, 0.29) is 5.56 Å². The van der Waals surface area contributed by atoms with Crippen molar-refractivity contribution in [3.05, 3.63) is 56.9 Å². The molecule has 0 fully saturated rings. The fourth-order valence-corrected chi connectivity index (χ4v) is 2.41. The number of pyridine rings is 1. The number of carboxylic acid groups (broad SMARTS) is 1. The van der Waals surface area contributed by atoms with E-state index >= 15 is 0 Å². The highest BCUT2D eigenvalue weighted by molar-refractivity contribution is 5.89. The van der Waals surface area contributed by atoms with E-state index in [0.29, 0.717) is 5.69 Å². The van der Waals surface area contributed by atoms with Crippen LogP contribution in [0.1, 0.15) is 27.0 Å². The summed E-state index contributed by atoms with van der Waals surface area (Å²) in [5, 5.41) is 9.01. The van der Waals surface area contributed by atoms with E-state index < -0.39 is 11.5 Å². The average molecular weight is 257 g/mol. The van der Waals surface area contributed by atoms with Crippen molar-refractivity contribution in [1.82, 2.24) is 4.98 Å². The summed E-state index contributed by atoms with van der Waals surface area (Å²) in [7, 11) is 0. The number of aromatic amines is 1. The molecular formula is C15H15NO3. The van der Waals surface area contributed by atoms with Crippen LogP contribution in [0, 0.1) is 20.8 Å². The summed E-state index contributed by atoms with van der Waals surface area (Å²) >= 11 is 0. The molecule has 1 aromatic carbocycles. The molecule has 0 amide bonds. The van der Waals surface area contributed by atoms with Crippen molar-refractivity contribution in [2.45, 2.75) is 20.8 Å². The standard InChI is InChI=1S/C15H15NO3/c1-8-4-9(2)14(10(3)5-8)12-6-11(15(18)19)7-13(17)16-12/h4-7H,1-3H3,(H,16,17)(H,18,19). The molecule has 4 nitrogen and oxygen atoms in total. The zero-order valence-corrected chi connectivity index (χ0v) is 11.1. The van der Waals surface area contributed by atoms with Crippen LogP contribution in [0.5, 0.6) is 0 Å². The van der Waals surface area contributed by atoms with Crippen LogP contribution < -0.4 is 5.56 Å². The van der Waals surface area contributed by atoms with Gasteiger partial charge in [0.2, 0.25) is 5.56 Å². The Bertz CT molecular complexity index is 691. The van der Waals surface area contributed by atoms with Crippen molar-refractivity contribution in [1.29, 1.82) is 0 Å². The van der Waals surface area contributed by atoms with E-state index in [0.717, 1.165) is 28.3 Å². The lowest BCUT2D eigenvalue weighted by Crippen LogP contribution is -2.11. The minimum absolute atomic E-state index is 0.00174. The SMILES string of the molecule is Cc1cc(C)c(-c2cc(C(=O)O)cc(=O)[nH]2)c(C)c1. The maximum absolute atomic E-state index is 11.6. The van der Waals surface area contributed by atoms with E-state index in [1.54, 1.807) is 0 Å². The summed E-state index contributed by atoms with van der Waals surface area (Å²) in [6, 6.07) is 6.60. The third kappa shape index (κ3) is 2.57. The Kier molecular flexibility index (Phi) is 3.25. The predicted molar refractivity (Wildman–Crippen MR) is 73.7 cm³/mol. The van der Waals surface area contributed by atoms with Crippen molar-refractivity contribution in [3.63, 3.8) is 0 Å². The van der Waals surface area contributed by atoms with Crippen molar-refractivity contribution in [2.75, 3.05) is 0 Å². The molecular weight excluding hydrogens is 242 g/mol. The Morgan fingerprint density at radius 3 is 2.16 bits per heavy atom. The number of aromatic carboxylic acids is 1. The Morgan fingerprint density at radius 2 is 1.63 bits per heavy atom.